The van der Waals surface area contributed by atoms with E-state index >= 15 is 0 Å². The molecule has 0 bridgehead atoms. The number of amides is 1. The molecule has 1 heterocycles. The van der Waals surface area contributed by atoms with Crippen molar-refractivity contribution in [2.75, 3.05) is 11.9 Å². The normalized spacial score (nSPS) is 10.1. The summed E-state index contributed by atoms with van der Waals surface area (Å²) in [7, 11) is 0. The number of carbonyl (C=O) groups is 1. The zero-order chi connectivity index (χ0) is 14.5. The summed E-state index contributed by atoms with van der Waals surface area (Å²) in [5.74, 6) is 0.220. The van der Waals surface area contributed by atoms with Crippen molar-refractivity contribution >= 4 is 51.7 Å². The molecule has 0 radical (unpaired) electrons. The molecule has 4 nitrogen and oxygen atoms in total. The van der Waals surface area contributed by atoms with Gasteiger partial charge >= 0.3 is 0 Å². The summed E-state index contributed by atoms with van der Waals surface area (Å²) in [6.45, 7) is 0.113. The maximum Gasteiger partial charge on any atom is 0.267 e. The minimum absolute atomic E-state index is 0.113. The first-order valence-corrected chi connectivity index (χ1v) is 7.29. The van der Waals surface area contributed by atoms with Crippen molar-refractivity contribution in [3.8, 4) is 5.75 Å². The van der Waals surface area contributed by atoms with Crippen LogP contribution in [-0.2, 0) is 0 Å². The number of benzene rings is 1. The Kier molecular flexibility index (Phi) is 4.94. The first-order valence-electron chi connectivity index (χ1n) is 5.62. The van der Waals surface area contributed by atoms with Crippen LogP contribution in [0.3, 0.4) is 0 Å². The van der Waals surface area contributed by atoms with E-state index in [1.165, 1.54) is 11.3 Å². The fourth-order valence-electron chi connectivity index (χ4n) is 1.48. The third-order valence-electron chi connectivity index (χ3n) is 2.33. The van der Waals surface area contributed by atoms with Crippen molar-refractivity contribution in [2.45, 2.75) is 0 Å². The molecule has 1 aromatic carbocycles. The van der Waals surface area contributed by atoms with Gasteiger partial charge in [0.05, 0.1) is 10.7 Å². The van der Waals surface area contributed by atoms with Crippen molar-refractivity contribution in [2.24, 2.45) is 5.73 Å². The SMILES string of the molecule is NC(=S)COc1ccccc1NC(=O)c1sccc1Cl. The van der Waals surface area contributed by atoms with E-state index in [1.807, 2.05) is 0 Å². The van der Waals surface area contributed by atoms with Gasteiger partial charge in [0, 0.05) is 0 Å². The van der Waals surface area contributed by atoms with Crippen molar-refractivity contribution in [3.63, 3.8) is 0 Å². The lowest BCUT2D eigenvalue weighted by Crippen LogP contribution is -2.19. The van der Waals surface area contributed by atoms with Gasteiger partial charge in [0.1, 0.15) is 22.2 Å². The first kappa shape index (κ1) is 14.8. The Bertz CT molecular complexity index is 643. The van der Waals surface area contributed by atoms with E-state index in [2.05, 4.69) is 5.32 Å². The maximum absolute atomic E-state index is 12.1. The van der Waals surface area contributed by atoms with Crippen LogP contribution in [0.1, 0.15) is 9.67 Å². The third-order valence-corrected chi connectivity index (χ3v) is 3.79. The average molecular weight is 327 g/mol. The highest BCUT2D eigenvalue weighted by Gasteiger charge is 2.14. The molecule has 0 atom stereocenters. The Morgan fingerprint density at radius 3 is 2.80 bits per heavy atom. The third kappa shape index (κ3) is 3.69. The molecule has 0 aliphatic heterocycles. The van der Waals surface area contributed by atoms with Crippen LogP contribution < -0.4 is 15.8 Å². The molecule has 0 fully saturated rings. The molecule has 3 N–H and O–H groups in total. The Balaban J connectivity index is 2.15. The number of ether oxygens (including phenoxy) is 1. The molecule has 20 heavy (non-hydrogen) atoms. The van der Waals surface area contributed by atoms with Crippen LogP contribution in [0, 0.1) is 0 Å². The Morgan fingerprint density at radius 1 is 1.40 bits per heavy atom. The Morgan fingerprint density at radius 2 is 2.15 bits per heavy atom. The molecule has 0 spiro atoms. The highest BCUT2D eigenvalue weighted by atomic mass is 35.5. The number of hydrogen-bond acceptors (Lipinski definition) is 4. The van der Waals surface area contributed by atoms with E-state index in [0.717, 1.165) is 0 Å². The van der Waals surface area contributed by atoms with Crippen molar-refractivity contribution < 1.29 is 9.53 Å². The second-order valence-corrected chi connectivity index (χ2v) is 5.65. The van der Waals surface area contributed by atoms with Crippen molar-refractivity contribution in [1.29, 1.82) is 0 Å². The number of halogens is 1. The summed E-state index contributed by atoms with van der Waals surface area (Å²) in [6, 6.07) is 8.72. The van der Waals surface area contributed by atoms with E-state index in [-0.39, 0.29) is 17.5 Å². The predicted octanol–water partition coefficient (Wildman–Crippen LogP) is 3.32. The number of para-hydroxylation sites is 2. The van der Waals surface area contributed by atoms with E-state index < -0.39 is 0 Å². The van der Waals surface area contributed by atoms with E-state index in [1.54, 1.807) is 35.7 Å². The number of thiocarbonyl (C=S) groups is 1. The minimum atomic E-state index is -0.281. The van der Waals surface area contributed by atoms with E-state index in [4.69, 9.17) is 34.3 Å². The molecule has 2 rings (SSSR count). The van der Waals surface area contributed by atoms with E-state index in [9.17, 15) is 4.79 Å². The largest absolute Gasteiger partial charge is 0.484 e. The molecule has 0 aliphatic rings. The van der Waals surface area contributed by atoms with Crippen LogP contribution in [0.5, 0.6) is 5.75 Å². The van der Waals surface area contributed by atoms with Crippen LogP contribution >= 0.6 is 35.2 Å². The lowest BCUT2D eigenvalue weighted by atomic mass is 10.3. The fourth-order valence-corrected chi connectivity index (χ4v) is 2.57. The van der Waals surface area contributed by atoms with Crippen LogP contribution in [0.4, 0.5) is 5.69 Å². The number of nitrogens with one attached hydrogen (secondary N) is 1. The van der Waals surface area contributed by atoms with Gasteiger partial charge in [-0.05, 0) is 23.6 Å². The van der Waals surface area contributed by atoms with Gasteiger partial charge in [0.25, 0.3) is 5.91 Å². The van der Waals surface area contributed by atoms with Gasteiger partial charge in [-0.2, -0.15) is 0 Å². The maximum atomic E-state index is 12.1. The van der Waals surface area contributed by atoms with Crippen molar-refractivity contribution in [3.05, 3.63) is 45.6 Å². The molecule has 1 amide bonds. The topological polar surface area (TPSA) is 64.3 Å². The summed E-state index contributed by atoms with van der Waals surface area (Å²) in [4.78, 5) is 12.8. The molecule has 2 aromatic rings. The standard InChI is InChI=1S/C13H11ClN2O2S2/c14-8-5-6-20-12(8)13(17)16-9-3-1-2-4-10(9)18-7-11(15)19/h1-6H,7H2,(H2,15,19)(H,16,17). The molecular formula is C13H11ClN2O2S2. The smallest absolute Gasteiger partial charge is 0.267 e. The zero-order valence-corrected chi connectivity index (χ0v) is 12.6. The number of rotatable bonds is 5. The predicted molar refractivity (Wildman–Crippen MR) is 86.0 cm³/mol. The number of carbonyl (C=O) groups excluding carboxylic acids is 1. The summed E-state index contributed by atoms with van der Waals surface area (Å²) in [5.41, 5.74) is 5.93. The minimum Gasteiger partial charge on any atom is -0.484 e. The van der Waals surface area contributed by atoms with Crippen molar-refractivity contribution in [1.82, 2.24) is 0 Å². The molecule has 0 saturated carbocycles. The summed E-state index contributed by atoms with van der Waals surface area (Å²) < 4.78 is 5.44. The van der Waals surface area contributed by atoms with Crippen LogP contribution in [0.15, 0.2) is 35.7 Å². The van der Waals surface area contributed by atoms with Gasteiger partial charge in [-0.25, -0.2) is 0 Å². The molecule has 0 unspecified atom stereocenters. The van der Waals surface area contributed by atoms with E-state index in [0.29, 0.717) is 21.3 Å². The Hall–Kier alpha value is -1.63. The molecule has 104 valence electrons. The number of thiophene rings is 1. The highest BCUT2D eigenvalue weighted by molar-refractivity contribution is 7.80. The van der Waals surface area contributed by atoms with Gasteiger partial charge in [-0.15, -0.1) is 11.3 Å². The molecule has 1 aromatic heterocycles. The summed E-state index contributed by atoms with van der Waals surface area (Å²) in [6.07, 6.45) is 0. The lowest BCUT2D eigenvalue weighted by molar-refractivity contribution is 0.103. The lowest BCUT2D eigenvalue weighted by Gasteiger charge is -2.11. The van der Waals surface area contributed by atoms with Crippen LogP contribution in [-0.4, -0.2) is 17.5 Å². The first-order chi connectivity index (χ1) is 9.58. The van der Waals surface area contributed by atoms with Gasteiger partial charge in [-0.3, -0.25) is 4.79 Å². The second-order valence-electron chi connectivity index (χ2n) is 3.80. The Labute approximate surface area is 130 Å². The van der Waals surface area contributed by atoms with Crippen LogP contribution in [0.2, 0.25) is 5.02 Å². The van der Waals surface area contributed by atoms with Gasteiger partial charge in [0.15, 0.2) is 0 Å². The molecule has 0 saturated heterocycles. The van der Waals surface area contributed by atoms with Gasteiger partial charge < -0.3 is 15.8 Å². The number of nitrogens with two attached hydrogens (primary N) is 1. The second kappa shape index (κ2) is 6.69. The monoisotopic (exact) mass is 326 g/mol. The molecule has 7 heteroatoms. The summed E-state index contributed by atoms with van der Waals surface area (Å²) >= 11 is 12.0. The zero-order valence-electron chi connectivity index (χ0n) is 10.3. The van der Waals surface area contributed by atoms with Gasteiger partial charge in [-0.1, -0.05) is 36.0 Å². The molecular weight excluding hydrogens is 316 g/mol. The van der Waals surface area contributed by atoms with Gasteiger partial charge in [0.2, 0.25) is 0 Å². The quantitative estimate of drug-likeness (QED) is 0.827. The number of hydrogen-bond donors (Lipinski definition) is 2. The molecule has 0 aliphatic carbocycles. The average Bonchev–Trinajstić information content (AvgIpc) is 2.84. The van der Waals surface area contributed by atoms with Crippen LogP contribution in [0.25, 0.3) is 0 Å². The summed E-state index contributed by atoms with van der Waals surface area (Å²) in [5, 5.41) is 4.94. The number of anilines is 1. The fraction of sp³-hybridized carbons (Fsp3) is 0.0769. The highest BCUT2D eigenvalue weighted by Crippen LogP contribution is 2.27.